The van der Waals surface area contributed by atoms with Crippen molar-refractivity contribution in [3.63, 3.8) is 0 Å². The van der Waals surface area contributed by atoms with E-state index >= 15 is 0 Å². The summed E-state index contributed by atoms with van der Waals surface area (Å²) in [6.45, 7) is 1.36. The number of nitrogens with one attached hydrogen (secondary N) is 2. The van der Waals surface area contributed by atoms with Crippen LogP contribution in [0.3, 0.4) is 0 Å². The lowest BCUT2D eigenvalue weighted by molar-refractivity contribution is 0.0917. The van der Waals surface area contributed by atoms with Crippen LogP contribution in [0.2, 0.25) is 0 Å². The lowest BCUT2D eigenvalue weighted by Gasteiger charge is -2.11. The molecule has 0 saturated heterocycles. The van der Waals surface area contributed by atoms with Crippen LogP contribution in [0.5, 0.6) is 0 Å². The van der Waals surface area contributed by atoms with Crippen molar-refractivity contribution >= 4 is 17.5 Å². The van der Waals surface area contributed by atoms with E-state index in [1.165, 1.54) is 25.7 Å². The number of hydrogen-bond donors (Lipinski definition) is 3. The second-order valence-corrected chi connectivity index (χ2v) is 6.11. The molecule has 2 fully saturated rings. The standard InChI is InChI=1S/C16H21N3O2/c17-12-5-6-13(15(20)18-8-10-1-2-10)14(7-12)16(21)19-9-11-3-4-11/h5-7,10-11H,1-4,8-9,17H2,(H,18,20)(H,19,21). The van der Waals surface area contributed by atoms with Gasteiger partial charge in [-0.05, 0) is 55.7 Å². The quantitative estimate of drug-likeness (QED) is 0.694. The summed E-state index contributed by atoms with van der Waals surface area (Å²) in [6, 6.07) is 4.86. The predicted octanol–water partition coefficient (Wildman–Crippen LogP) is 1.55. The zero-order valence-electron chi connectivity index (χ0n) is 12.0. The first-order valence-corrected chi connectivity index (χ1v) is 7.59. The number of carbonyl (C=O) groups is 2. The molecule has 5 heteroatoms. The summed E-state index contributed by atoms with van der Waals surface area (Å²) >= 11 is 0. The molecule has 1 aromatic carbocycles. The summed E-state index contributed by atoms with van der Waals surface area (Å²) < 4.78 is 0. The van der Waals surface area contributed by atoms with Gasteiger partial charge in [0.1, 0.15) is 0 Å². The van der Waals surface area contributed by atoms with Crippen LogP contribution in [-0.2, 0) is 0 Å². The highest BCUT2D eigenvalue weighted by molar-refractivity contribution is 6.07. The van der Waals surface area contributed by atoms with Crippen molar-refractivity contribution in [3.8, 4) is 0 Å². The molecule has 0 bridgehead atoms. The number of rotatable bonds is 6. The van der Waals surface area contributed by atoms with E-state index in [1.54, 1.807) is 18.2 Å². The van der Waals surface area contributed by atoms with Crippen LogP contribution in [0.1, 0.15) is 46.4 Å². The van der Waals surface area contributed by atoms with Crippen molar-refractivity contribution in [1.82, 2.24) is 10.6 Å². The molecule has 0 aliphatic heterocycles. The lowest BCUT2D eigenvalue weighted by Crippen LogP contribution is -2.31. The molecular weight excluding hydrogens is 266 g/mol. The normalized spacial score (nSPS) is 17.3. The summed E-state index contributed by atoms with van der Waals surface area (Å²) in [4.78, 5) is 24.5. The van der Waals surface area contributed by atoms with Crippen molar-refractivity contribution in [1.29, 1.82) is 0 Å². The maximum Gasteiger partial charge on any atom is 0.252 e. The summed E-state index contributed by atoms with van der Waals surface area (Å²) in [5.41, 5.74) is 7.01. The Kier molecular flexibility index (Phi) is 3.82. The molecular formula is C16H21N3O2. The summed E-state index contributed by atoms with van der Waals surface area (Å²) in [5.74, 6) is 0.793. The molecule has 4 N–H and O–H groups in total. The topological polar surface area (TPSA) is 84.2 Å². The highest BCUT2D eigenvalue weighted by atomic mass is 16.2. The SMILES string of the molecule is Nc1ccc(C(=O)NCC2CC2)c(C(=O)NCC2CC2)c1. The Bertz CT molecular complexity index is 563. The molecule has 1 aromatic rings. The molecule has 21 heavy (non-hydrogen) atoms. The second-order valence-electron chi connectivity index (χ2n) is 6.11. The number of nitrogen functional groups attached to an aromatic ring is 1. The van der Waals surface area contributed by atoms with Gasteiger partial charge in [0, 0.05) is 18.8 Å². The van der Waals surface area contributed by atoms with Crippen LogP contribution < -0.4 is 16.4 Å². The second kappa shape index (κ2) is 5.76. The summed E-state index contributed by atoms with van der Waals surface area (Å²) in [7, 11) is 0. The zero-order chi connectivity index (χ0) is 14.8. The van der Waals surface area contributed by atoms with Gasteiger partial charge in [-0.1, -0.05) is 0 Å². The fourth-order valence-corrected chi connectivity index (χ4v) is 2.26. The van der Waals surface area contributed by atoms with Gasteiger partial charge >= 0.3 is 0 Å². The van der Waals surface area contributed by atoms with Gasteiger partial charge in [-0.25, -0.2) is 0 Å². The molecule has 0 heterocycles. The average Bonchev–Trinajstić information content (AvgIpc) is 3.36. The highest BCUT2D eigenvalue weighted by Gasteiger charge is 2.25. The van der Waals surface area contributed by atoms with Crippen LogP contribution in [-0.4, -0.2) is 24.9 Å². The van der Waals surface area contributed by atoms with E-state index in [-0.39, 0.29) is 11.8 Å². The van der Waals surface area contributed by atoms with Crippen molar-refractivity contribution in [2.45, 2.75) is 25.7 Å². The van der Waals surface area contributed by atoms with Gasteiger partial charge < -0.3 is 16.4 Å². The molecule has 0 atom stereocenters. The van der Waals surface area contributed by atoms with Gasteiger partial charge in [0.25, 0.3) is 11.8 Å². The zero-order valence-corrected chi connectivity index (χ0v) is 12.0. The third-order valence-electron chi connectivity index (χ3n) is 4.03. The monoisotopic (exact) mass is 287 g/mol. The Balaban J connectivity index is 1.70. The fraction of sp³-hybridized carbons (Fsp3) is 0.500. The third-order valence-corrected chi connectivity index (χ3v) is 4.03. The largest absolute Gasteiger partial charge is 0.399 e. The van der Waals surface area contributed by atoms with Crippen molar-refractivity contribution in [3.05, 3.63) is 29.3 Å². The van der Waals surface area contributed by atoms with E-state index in [2.05, 4.69) is 10.6 Å². The molecule has 2 saturated carbocycles. The summed E-state index contributed by atoms with van der Waals surface area (Å²) in [5, 5.41) is 5.78. The van der Waals surface area contributed by atoms with E-state index in [9.17, 15) is 9.59 Å². The molecule has 2 aliphatic rings. The molecule has 2 aliphatic carbocycles. The number of hydrogen-bond acceptors (Lipinski definition) is 3. The number of benzene rings is 1. The minimum atomic E-state index is -0.217. The molecule has 112 valence electrons. The van der Waals surface area contributed by atoms with Crippen LogP contribution in [0.25, 0.3) is 0 Å². The number of nitrogens with two attached hydrogens (primary N) is 1. The maximum absolute atomic E-state index is 12.3. The maximum atomic E-state index is 12.3. The molecule has 0 aromatic heterocycles. The van der Waals surface area contributed by atoms with Crippen LogP contribution in [0.15, 0.2) is 18.2 Å². The first-order chi connectivity index (χ1) is 10.1. The number of anilines is 1. The molecule has 0 spiro atoms. The first-order valence-electron chi connectivity index (χ1n) is 7.59. The molecule has 0 unspecified atom stereocenters. The van der Waals surface area contributed by atoms with E-state index in [1.807, 2.05) is 0 Å². The van der Waals surface area contributed by atoms with Gasteiger partial charge in [-0.3, -0.25) is 9.59 Å². The van der Waals surface area contributed by atoms with E-state index in [0.29, 0.717) is 41.7 Å². The number of carbonyl (C=O) groups excluding carboxylic acids is 2. The molecule has 5 nitrogen and oxygen atoms in total. The first kappa shape index (κ1) is 13.9. The van der Waals surface area contributed by atoms with Gasteiger partial charge in [-0.15, -0.1) is 0 Å². The van der Waals surface area contributed by atoms with Crippen molar-refractivity contribution in [2.75, 3.05) is 18.8 Å². The lowest BCUT2D eigenvalue weighted by atomic mass is 10.0. The van der Waals surface area contributed by atoms with Crippen molar-refractivity contribution in [2.24, 2.45) is 11.8 Å². The molecule has 0 radical (unpaired) electrons. The van der Waals surface area contributed by atoms with Gasteiger partial charge in [0.15, 0.2) is 0 Å². The Hall–Kier alpha value is -2.04. The van der Waals surface area contributed by atoms with E-state index < -0.39 is 0 Å². The average molecular weight is 287 g/mol. The Morgan fingerprint density at radius 2 is 1.48 bits per heavy atom. The van der Waals surface area contributed by atoms with Crippen LogP contribution in [0, 0.1) is 11.8 Å². The predicted molar refractivity (Wildman–Crippen MR) is 81.0 cm³/mol. The van der Waals surface area contributed by atoms with Crippen molar-refractivity contribution < 1.29 is 9.59 Å². The highest BCUT2D eigenvalue weighted by Crippen LogP contribution is 2.28. The van der Waals surface area contributed by atoms with E-state index in [0.717, 1.165) is 0 Å². The Labute approximate surface area is 124 Å². The smallest absolute Gasteiger partial charge is 0.252 e. The van der Waals surface area contributed by atoms with Crippen LogP contribution >= 0.6 is 0 Å². The third kappa shape index (κ3) is 3.74. The van der Waals surface area contributed by atoms with Gasteiger partial charge in [0.05, 0.1) is 11.1 Å². The van der Waals surface area contributed by atoms with Gasteiger partial charge in [-0.2, -0.15) is 0 Å². The minimum absolute atomic E-state index is 0.196. The van der Waals surface area contributed by atoms with Crippen LogP contribution in [0.4, 0.5) is 5.69 Å². The minimum Gasteiger partial charge on any atom is -0.399 e. The number of amides is 2. The fourth-order valence-electron chi connectivity index (χ4n) is 2.26. The van der Waals surface area contributed by atoms with Gasteiger partial charge in [0.2, 0.25) is 0 Å². The molecule has 2 amide bonds. The Morgan fingerprint density at radius 3 is 2.00 bits per heavy atom. The summed E-state index contributed by atoms with van der Waals surface area (Å²) in [6.07, 6.45) is 4.70. The Morgan fingerprint density at radius 1 is 0.952 bits per heavy atom. The molecule has 3 rings (SSSR count). The van der Waals surface area contributed by atoms with E-state index in [4.69, 9.17) is 5.73 Å².